The number of ether oxygens (including phenoxy) is 1. The second-order valence-electron chi connectivity index (χ2n) is 3.85. The van der Waals surface area contributed by atoms with E-state index in [1.165, 1.54) is 7.11 Å². The van der Waals surface area contributed by atoms with Crippen molar-refractivity contribution in [1.29, 1.82) is 0 Å². The van der Waals surface area contributed by atoms with Gasteiger partial charge in [-0.2, -0.15) is 5.10 Å². The number of nitrogens with two attached hydrogens (primary N) is 1. The third-order valence-corrected chi connectivity index (χ3v) is 2.67. The van der Waals surface area contributed by atoms with Gasteiger partial charge in [0.25, 0.3) is 0 Å². The number of rotatable bonds is 4. The maximum atomic E-state index is 11.2. The third-order valence-electron chi connectivity index (χ3n) is 2.67. The summed E-state index contributed by atoms with van der Waals surface area (Å²) in [6.45, 7) is 0.568. The molecule has 2 aromatic rings. The standard InChI is InChI=1S/C12H15N3O2/c1-17-12(16)7-8-2-3-10-9(6-8)11(4-5-13)15-14-10/h2-3,6H,4-5,7,13H2,1H3,(H,14,15). The molecule has 0 saturated carbocycles. The topological polar surface area (TPSA) is 81.0 Å². The molecule has 0 amide bonds. The zero-order chi connectivity index (χ0) is 12.3. The normalized spacial score (nSPS) is 10.7. The highest BCUT2D eigenvalue weighted by Crippen LogP contribution is 2.18. The van der Waals surface area contributed by atoms with Gasteiger partial charge in [0, 0.05) is 17.5 Å². The van der Waals surface area contributed by atoms with Gasteiger partial charge in [0.2, 0.25) is 0 Å². The van der Waals surface area contributed by atoms with E-state index in [9.17, 15) is 4.79 Å². The lowest BCUT2D eigenvalue weighted by atomic mass is 10.1. The van der Waals surface area contributed by atoms with Crippen LogP contribution >= 0.6 is 0 Å². The molecular weight excluding hydrogens is 218 g/mol. The molecule has 0 spiro atoms. The Kier molecular flexibility index (Phi) is 3.39. The van der Waals surface area contributed by atoms with Crippen molar-refractivity contribution >= 4 is 16.9 Å². The fourth-order valence-corrected chi connectivity index (χ4v) is 1.79. The molecule has 3 N–H and O–H groups in total. The number of benzene rings is 1. The van der Waals surface area contributed by atoms with Crippen molar-refractivity contribution in [1.82, 2.24) is 10.2 Å². The van der Waals surface area contributed by atoms with Crippen LogP contribution in [0.25, 0.3) is 10.9 Å². The predicted molar refractivity (Wildman–Crippen MR) is 64.6 cm³/mol. The molecule has 5 heteroatoms. The number of nitrogens with one attached hydrogen (secondary N) is 1. The molecule has 1 aromatic heterocycles. The number of aromatic amines is 1. The Balaban J connectivity index is 2.33. The van der Waals surface area contributed by atoms with Crippen molar-refractivity contribution in [3.63, 3.8) is 0 Å². The van der Waals surface area contributed by atoms with Crippen molar-refractivity contribution in [3.05, 3.63) is 29.5 Å². The number of esters is 1. The average molecular weight is 233 g/mol. The van der Waals surface area contributed by atoms with Crippen molar-refractivity contribution in [3.8, 4) is 0 Å². The van der Waals surface area contributed by atoms with Crippen LogP contribution in [0.1, 0.15) is 11.3 Å². The fourth-order valence-electron chi connectivity index (χ4n) is 1.79. The zero-order valence-electron chi connectivity index (χ0n) is 9.69. The minimum atomic E-state index is -0.242. The molecule has 0 aliphatic rings. The SMILES string of the molecule is COC(=O)Cc1ccc2n[nH]c(CCN)c2c1. The quantitative estimate of drug-likeness (QED) is 0.765. The molecule has 90 valence electrons. The van der Waals surface area contributed by atoms with Crippen LogP contribution in [0.5, 0.6) is 0 Å². The van der Waals surface area contributed by atoms with Crippen molar-refractivity contribution in [2.75, 3.05) is 13.7 Å². The lowest BCUT2D eigenvalue weighted by Gasteiger charge is -2.01. The van der Waals surface area contributed by atoms with E-state index in [1.54, 1.807) is 0 Å². The summed E-state index contributed by atoms with van der Waals surface area (Å²) >= 11 is 0. The molecule has 0 saturated heterocycles. The van der Waals surface area contributed by atoms with Gasteiger partial charge in [-0.15, -0.1) is 0 Å². The fraction of sp³-hybridized carbons (Fsp3) is 0.333. The molecule has 17 heavy (non-hydrogen) atoms. The molecule has 1 heterocycles. The molecule has 0 bridgehead atoms. The number of aromatic nitrogens is 2. The highest BCUT2D eigenvalue weighted by molar-refractivity contribution is 5.83. The van der Waals surface area contributed by atoms with Gasteiger partial charge >= 0.3 is 5.97 Å². The first-order valence-corrected chi connectivity index (χ1v) is 5.47. The van der Waals surface area contributed by atoms with E-state index < -0.39 is 0 Å². The van der Waals surface area contributed by atoms with Gasteiger partial charge in [0.05, 0.1) is 19.0 Å². The summed E-state index contributed by atoms with van der Waals surface area (Å²) in [5.41, 5.74) is 8.35. The van der Waals surface area contributed by atoms with Crippen LogP contribution in [-0.2, 0) is 22.4 Å². The van der Waals surface area contributed by atoms with E-state index in [2.05, 4.69) is 14.9 Å². The number of carbonyl (C=O) groups is 1. The molecule has 0 atom stereocenters. The van der Waals surface area contributed by atoms with Gasteiger partial charge in [-0.3, -0.25) is 9.89 Å². The summed E-state index contributed by atoms with van der Waals surface area (Å²) < 4.78 is 4.64. The Morgan fingerprint density at radius 1 is 1.53 bits per heavy atom. The lowest BCUT2D eigenvalue weighted by molar-refractivity contribution is -0.139. The first-order chi connectivity index (χ1) is 8.24. The molecule has 0 fully saturated rings. The van der Waals surface area contributed by atoms with E-state index in [0.717, 1.165) is 28.6 Å². The largest absolute Gasteiger partial charge is 0.469 e. The van der Waals surface area contributed by atoms with Crippen LogP contribution in [0.15, 0.2) is 18.2 Å². The highest BCUT2D eigenvalue weighted by atomic mass is 16.5. The Labute approximate surface area is 98.9 Å². The summed E-state index contributed by atoms with van der Waals surface area (Å²) in [5, 5.41) is 8.17. The summed E-state index contributed by atoms with van der Waals surface area (Å²) in [5.74, 6) is -0.242. The van der Waals surface area contributed by atoms with E-state index in [1.807, 2.05) is 18.2 Å². The smallest absolute Gasteiger partial charge is 0.309 e. The van der Waals surface area contributed by atoms with Gasteiger partial charge in [-0.25, -0.2) is 0 Å². The molecule has 5 nitrogen and oxygen atoms in total. The average Bonchev–Trinajstić information content (AvgIpc) is 2.73. The number of hydrogen-bond donors (Lipinski definition) is 2. The molecule has 0 aliphatic heterocycles. The van der Waals surface area contributed by atoms with Crippen LogP contribution in [0, 0.1) is 0 Å². The van der Waals surface area contributed by atoms with Gasteiger partial charge < -0.3 is 10.5 Å². The Hall–Kier alpha value is -1.88. The number of carbonyl (C=O) groups excluding carboxylic acids is 1. The van der Waals surface area contributed by atoms with Crippen molar-refractivity contribution in [2.24, 2.45) is 5.73 Å². The maximum Gasteiger partial charge on any atom is 0.309 e. The van der Waals surface area contributed by atoms with Crippen LogP contribution in [0.3, 0.4) is 0 Å². The third kappa shape index (κ3) is 2.45. The second-order valence-corrected chi connectivity index (χ2v) is 3.85. The number of hydrogen-bond acceptors (Lipinski definition) is 4. The summed E-state index contributed by atoms with van der Waals surface area (Å²) in [4.78, 5) is 11.2. The second kappa shape index (κ2) is 4.97. The molecule has 2 rings (SSSR count). The summed E-state index contributed by atoms with van der Waals surface area (Å²) in [6, 6.07) is 5.73. The number of nitrogens with zero attached hydrogens (tertiary/aromatic N) is 1. The summed E-state index contributed by atoms with van der Waals surface area (Å²) in [6.07, 6.45) is 1.03. The van der Waals surface area contributed by atoms with Crippen molar-refractivity contribution in [2.45, 2.75) is 12.8 Å². The van der Waals surface area contributed by atoms with Gasteiger partial charge in [-0.1, -0.05) is 6.07 Å². The molecule has 0 radical (unpaired) electrons. The lowest BCUT2D eigenvalue weighted by Crippen LogP contribution is -2.05. The number of H-pyrrole nitrogens is 1. The molecular formula is C12H15N3O2. The van der Waals surface area contributed by atoms with E-state index in [-0.39, 0.29) is 12.4 Å². The van der Waals surface area contributed by atoms with Crippen molar-refractivity contribution < 1.29 is 9.53 Å². The minimum absolute atomic E-state index is 0.242. The van der Waals surface area contributed by atoms with Crippen LogP contribution in [0.4, 0.5) is 0 Å². The van der Waals surface area contributed by atoms with E-state index in [0.29, 0.717) is 6.54 Å². The Morgan fingerprint density at radius 2 is 2.35 bits per heavy atom. The van der Waals surface area contributed by atoms with Gasteiger partial charge in [0.15, 0.2) is 0 Å². The van der Waals surface area contributed by atoms with E-state index >= 15 is 0 Å². The number of methoxy groups -OCH3 is 1. The molecule has 0 aliphatic carbocycles. The monoisotopic (exact) mass is 233 g/mol. The Bertz CT molecular complexity index is 534. The van der Waals surface area contributed by atoms with Gasteiger partial charge in [0.1, 0.15) is 0 Å². The molecule has 1 aromatic carbocycles. The zero-order valence-corrected chi connectivity index (χ0v) is 9.69. The Morgan fingerprint density at radius 3 is 3.06 bits per heavy atom. The maximum absolute atomic E-state index is 11.2. The van der Waals surface area contributed by atoms with Gasteiger partial charge in [-0.05, 0) is 24.2 Å². The molecule has 0 unspecified atom stereocenters. The minimum Gasteiger partial charge on any atom is -0.469 e. The van der Waals surface area contributed by atoms with E-state index in [4.69, 9.17) is 5.73 Å². The van der Waals surface area contributed by atoms with Crippen LogP contribution in [0.2, 0.25) is 0 Å². The highest BCUT2D eigenvalue weighted by Gasteiger charge is 2.08. The first-order valence-electron chi connectivity index (χ1n) is 5.47. The van der Waals surface area contributed by atoms with Crippen LogP contribution in [-0.4, -0.2) is 29.8 Å². The number of fused-ring (bicyclic) bond motifs is 1. The first kappa shape index (κ1) is 11.6. The van der Waals surface area contributed by atoms with Crippen LogP contribution < -0.4 is 5.73 Å². The summed E-state index contributed by atoms with van der Waals surface area (Å²) in [7, 11) is 1.39. The predicted octanol–water partition coefficient (Wildman–Crippen LogP) is 0.780.